The first-order valence-corrected chi connectivity index (χ1v) is 28.2. The summed E-state index contributed by atoms with van der Waals surface area (Å²) >= 11 is 5.29. The van der Waals surface area contributed by atoms with Crippen molar-refractivity contribution in [3.8, 4) is 0 Å². The van der Waals surface area contributed by atoms with Crippen LogP contribution in [0, 0.1) is 0 Å². The highest BCUT2D eigenvalue weighted by molar-refractivity contribution is 8.07. The van der Waals surface area contributed by atoms with E-state index in [-0.39, 0.29) is 51.5 Å². The maximum atomic E-state index is 13.0. The molecule has 17 atom stereocenters. The summed E-state index contributed by atoms with van der Waals surface area (Å²) in [5.74, 6) is -0.770. The fraction of sp³-hybridized carbons (Fsp3) is 0.531. The molecule has 0 saturated carbocycles. The number of H-pyrrole nitrogens is 2. The SMILES string of the molecule is CO[C@H]1[C@@H](OP(O)(=S)OC[C@H]2O[C@@H](n3cnc4c(=O)[nH]c(N)nc43)[C@H](O)[C@@H]2O)[C@H](n2cnc3c(N)ncnc32)O[C@@H]1COP(=O)([O-])OP(=O)([O-])OP(=O)([O-])OC[C@H]1O[C@@H]([N+]2=C[NH+](C)c3c2nc(N)[nH]c3=O)[C@H](O)[C@@H]1O. The van der Waals surface area contributed by atoms with Gasteiger partial charge in [0.25, 0.3) is 41.1 Å². The molecule has 4 aliphatic heterocycles. The molecule has 5 unspecified atom stereocenters. The first kappa shape index (κ1) is 55.2. The van der Waals surface area contributed by atoms with Gasteiger partial charge in [-0.2, -0.15) is 4.98 Å². The highest BCUT2D eigenvalue weighted by atomic mass is 32.5. The molecule has 5 aromatic rings. The van der Waals surface area contributed by atoms with E-state index in [1.165, 1.54) is 18.0 Å². The maximum absolute atomic E-state index is 13.0. The molecular formula is C32H42N15O23P4S-. The molecule has 38 nitrogen and oxygen atoms in total. The van der Waals surface area contributed by atoms with Crippen LogP contribution in [-0.2, 0) is 71.2 Å². The predicted octanol–water partition coefficient (Wildman–Crippen LogP) is -7.61. The van der Waals surface area contributed by atoms with Gasteiger partial charge in [-0.1, -0.05) is 0 Å². The van der Waals surface area contributed by atoms with Crippen molar-refractivity contribution in [2.45, 2.75) is 73.6 Å². The predicted molar refractivity (Wildman–Crippen MR) is 240 cm³/mol. The van der Waals surface area contributed by atoms with Gasteiger partial charge in [0.1, 0.15) is 66.8 Å². The summed E-state index contributed by atoms with van der Waals surface area (Å²) in [5.41, 5.74) is 15.7. The lowest BCUT2D eigenvalue weighted by molar-refractivity contribution is -0.715. The van der Waals surface area contributed by atoms with E-state index in [1.807, 2.05) is 0 Å². The van der Waals surface area contributed by atoms with E-state index in [0.717, 1.165) is 35.2 Å². The number of nitrogens with one attached hydrogen (secondary N) is 3. The van der Waals surface area contributed by atoms with Crippen molar-refractivity contribution in [3.05, 3.63) is 39.7 Å². The van der Waals surface area contributed by atoms with Gasteiger partial charge in [-0.15, -0.1) is 4.58 Å². The number of imidazole rings is 2. The second-order valence-electron chi connectivity index (χ2n) is 16.5. The molecule has 0 bridgehead atoms. The fourth-order valence-corrected chi connectivity index (χ4v) is 13.2. The van der Waals surface area contributed by atoms with Crippen molar-refractivity contribution in [3.63, 3.8) is 0 Å². The van der Waals surface area contributed by atoms with Crippen LogP contribution in [0.4, 0.5) is 29.2 Å². The van der Waals surface area contributed by atoms with Crippen molar-refractivity contribution < 1.29 is 109 Å². The van der Waals surface area contributed by atoms with Gasteiger partial charge in [0.05, 0.1) is 39.5 Å². The third-order valence-corrected chi connectivity index (χ3v) is 17.3. The van der Waals surface area contributed by atoms with E-state index < -0.39 is 135 Å². The van der Waals surface area contributed by atoms with Crippen LogP contribution in [0.2, 0.25) is 0 Å². The van der Waals surface area contributed by atoms with E-state index in [1.54, 1.807) is 0 Å². The first-order valence-electron chi connectivity index (χ1n) is 21.2. The molecule has 9 heterocycles. The quantitative estimate of drug-likeness (QED) is 0.0270. The number of nitrogens with two attached hydrogens (primary N) is 3. The Hall–Kier alpha value is -4.57. The summed E-state index contributed by atoms with van der Waals surface area (Å²) in [7, 11) is -16.2. The number of hydrogen-bond acceptors (Lipinski definition) is 32. The van der Waals surface area contributed by atoms with E-state index in [4.69, 9.17) is 61.5 Å². The van der Waals surface area contributed by atoms with Gasteiger partial charge in [0.2, 0.25) is 12.2 Å². The number of phosphoric acid groups is 3. The number of quaternary nitrogens is 1. The van der Waals surface area contributed by atoms with Gasteiger partial charge in [-0.3, -0.25) is 46.9 Å². The number of phosphoric ester groups is 2. The molecule has 0 radical (unpaired) electrons. The number of hydrogen-bond donors (Lipinski definition) is 11. The average molecular weight is 1160 g/mol. The number of ether oxygens (including phenoxy) is 4. The Morgan fingerprint density at radius 2 is 1.32 bits per heavy atom. The summed E-state index contributed by atoms with van der Waals surface area (Å²) in [6.07, 6.45) is -15.0. The second-order valence-corrected chi connectivity index (χ2v) is 23.8. The Morgan fingerprint density at radius 1 is 0.747 bits per heavy atom. The lowest BCUT2D eigenvalue weighted by Gasteiger charge is -2.35. The molecule has 4 aliphatic rings. The van der Waals surface area contributed by atoms with Crippen molar-refractivity contribution in [2.75, 3.05) is 51.2 Å². The number of nitrogen functional groups attached to an aromatic ring is 3. The molecule has 75 heavy (non-hydrogen) atoms. The number of methoxy groups -OCH3 is 1. The number of aromatic nitrogens is 10. The second kappa shape index (κ2) is 20.7. The van der Waals surface area contributed by atoms with Crippen molar-refractivity contribution >= 4 is 99.9 Å². The zero-order chi connectivity index (χ0) is 54.3. The molecule has 0 amide bonds. The van der Waals surface area contributed by atoms with Crippen molar-refractivity contribution in [1.82, 2.24) is 49.0 Å². The van der Waals surface area contributed by atoms with Crippen LogP contribution < -0.4 is 47.9 Å². The smallest absolute Gasteiger partial charge is 0.401 e. The van der Waals surface area contributed by atoms with Gasteiger partial charge in [0.15, 0.2) is 35.1 Å². The van der Waals surface area contributed by atoms with E-state index in [2.05, 4.69) is 53.0 Å². The van der Waals surface area contributed by atoms with Crippen molar-refractivity contribution in [2.24, 2.45) is 0 Å². The number of anilines is 3. The van der Waals surface area contributed by atoms with Crippen LogP contribution in [0.1, 0.15) is 12.5 Å². The molecule has 0 aliphatic carbocycles. The molecule has 14 N–H and O–H groups in total. The minimum absolute atomic E-state index is 0.0145. The van der Waals surface area contributed by atoms with Gasteiger partial charge in [-0.25, -0.2) is 33.5 Å². The van der Waals surface area contributed by atoms with E-state index in [0.29, 0.717) is 4.90 Å². The molecule has 5 aromatic heterocycles. The molecular weight excluding hydrogens is 1120 g/mol. The monoisotopic (exact) mass is 1160 g/mol. The third kappa shape index (κ3) is 11.1. The van der Waals surface area contributed by atoms with Crippen LogP contribution in [-0.4, -0.2) is 180 Å². The largest absolute Gasteiger partial charge is 0.756 e. The van der Waals surface area contributed by atoms with Gasteiger partial charge in [0, 0.05) is 12.1 Å². The van der Waals surface area contributed by atoms with Crippen LogP contribution in [0.5, 0.6) is 0 Å². The number of aliphatic hydroxyl groups is 4. The van der Waals surface area contributed by atoms with Gasteiger partial charge in [-0.05, 0) is 11.8 Å². The molecule has 3 fully saturated rings. The third-order valence-electron chi connectivity index (χ3n) is 11.6. The zero-order valence-corrected chi connectivity index (χ0v) is 42.3. The lowest BCUT2D eigenvalue weighted by atomic mass is 10.1. The van der Waals surface area contributed by atoms with Gasteiger partial charge >= 0.3 is 24.0 Å². The Balaban J connectivity index is 0.844. The summed E-state index contributed by atoms with van der Waals surface area (Å²) in [6, 6.07) is 0. The molecule has 0 aromatic carbocycles. The van der Waals surface area contributed by atoms with Crippen LogP contribution in [0.3, 0.4) is 0 Å². The highest BCUT2D eigenvalue weighted by Gasteiger charge is 2.54. The Bertz CT molecular complexity index is 3370. The summed E-state index contributed by atoms with van der Waals surface area (Å²) < 4.78 is 93.4. The normalized spacial score (nSPS) is 32.0. The number of fused-ring (bicyclic) bond motifs is 3. The summed E-state index contributed by atoms with van der Waals surface area (Å²) in [6.45, 7) is -7.78. The fourth-order valence-electron chi connectivity index (χ4n) is 8.38. The highest BCUT2D eigenvalue weighted by Crippen LogP contribution is 2.63. The summed E-state index contributed by atoms with van der Waals surface area (Å²) in [5, 5.41) is 43.2. The summed E-state index contributed by atoms with van der Waals surface area (Å²) in [4.78, 5) is 104. The molecule has 3 saturated heterocycles. The van der Waals surface area contributed by atoms with Gasteiger partial charge < -0.3 is 89.7 Å². The Labute approximate surface area is 421 Å². The standard InChI is InChI=1S/C32H43N15O23P4S/c1-44-9-47(25-15(44)27(53)43-32(35)41-25)29-19(51)16(48)10(66-29)3-62-71(54,55)69-73(58,59)70-72(56,57)63-5-12-20(61-2)21(30(67-12)45-7-38-13-22(33)36-6-37-23(13)45)68-74(60,75)64-4-11-17(49)18(50)28(65-11)46-8-39-14-24(46)40-31(34)42-26(14)52/h6-12,16-21,28-30,48-51H,3-5H2,1-2H3,(H11-,33,34,35,36,37,40,41,42,43,52,53,54,55,56,57,58,59,60,75)/p-1/t10-,11-,12-,16-,17-,18-,19-,20-,21-,28-,29-,30-,74?/m1/s1. The number of nitrogens with zero attached hydrogens (tertiary/aromatic N) is 9. The van der Waals surface area contributed by atoms with E-state index >= 15 is 0 Å². The topological polar surface area (TPSA) is 552 Å². The average Bonchev–Trinajstić information content (AvgIpc) is 4.17. The number of aromatic amines is 2. The number of aliphatic hydroxyl groups excluding tert-OH is 4. The maximum Gasteiger partial charge on any atom is 0.401 e. The molecule has 43 heteroatoms. The molecule has 410 valence electrons. The van der Waals surface area contributed by atoms with E-state index in [9.17, 15) is 63.3 Å². The Kier molecular flexibility index (Phi) is 15.2. The van der Waals surface area contributed by atoms with Crippen LogP contribution >= 0.6 is 30.2 Å². The number of rotatable bonds is 19. The minimum Gasteiger partial charge on any atom is -0.756 e. The van der Waals surface area contributed by atoms with Crippen LogP contribution in [0.15, 0.2) is 28.6 Å². The molecule has 9 rings (SSSR count). The zero-order valence-electron chi connectivity index (χ0n) is 37.9. The minimum atomic E-state index is -6.51. The van der Waals surface area contributed by atoms with Crippen LogP contribution in [0.25, 0.3) is 22.3 Å². The van der Waals surface area contributed by atoms with Crippen molar-refractivity contribution in [1.29, 1.82) is 0 Å². The Morgan fingerprint density at radius 3 is 2.00 bits per heavy atom. The molecule has 0 spiro atoms. The lowest BCUT2D eigenvalue weighted by Crippen LogP contribution is -3.03. The first-order chi connectivity index (χ1) is 35.2.